The number of guanidine groups is 1. The first kappa shape index (κ1) is 23.1. The highest BCUT2D eigenvalue weighted by molar-refractivity contribution is 14.0. The molecule has 0 fully saturated rings. The maximum atomic E-state index is 12.9. The van der Waals surface area contributed by atoms with Crippen LogP contribution in [0.2, 0.25) is 0 Å². The second kappa shape index (κ2) is 10.1. The van der Waals surface area contributed by atoms with Gasteiger partial charge in [-0.2, -0.15) is 0 Å². The molecule has 0 aliphatic carbocycles. The summed E-state index contributed by atoms with van der Waals surface area (Å²) in [6.45, 7) is 6.95. The van der Waals surface area contributed by atoms with Gasteiger partial charge in [0.2, 0.25) is 10.0 Å². The fraction of sp³-hybridized carbons (Fsp3) is 0.533. The average Bonchev–Trinajstić information content (AvgIpc) is 2.41. The number of aliphatic imine (C=N–C) groups is 1. The van der Waals surface area contributed by atoms with Crippen molar-refractivity contribution in [2.45, 2.75) is 32.9 Å². The fourth-order valence-electron chi connectivity index (χ4n) is 1.94. The maximum absolute atomic E-state index is 12.9. The van der Waals surface area contributed by atoms with Crippen LogP contribution in [0.15, 0.2) is 29.3 Å². The Morgan fingerprint density at radius 1 is 1.21 bits per heavy atom. The van der Waals surface area contributed by atoms with E-state index in [0.717, 1.165) is 11.8 Å². The van der Waals surface area contributed by atoms with Gasteiger partial charge in [0.1, 0.15) is 5.82 Å². The zero-order chi connectivity index (χ0) is 17.5. The minimum atomic E-state index is -3.29. The summed E-state index contributed by atoms with van der Waals surface area (Å²) in [7, 11) is -3.29. The van der Waals surface area contributed by atoms with Crippen molar-refractivity contribution in [1.29, 1.82) is 0 Å². The van der Waals surface area contributed by atoms with Crippen LogP contribution in [-0.2, 0) is 16.6 Å². The minimum absolute atomic E-state index is 0. The molecule has 9 heteroatoms. The number of rotatable bonds is 7. The van der Waals surface area contributed by atoms with E-state index < -0.39 is 15.6 Å². The molecule has 0 radical (unpaired) electrons. The normalized spacial score (nSPS) is 12.5. The first-order valence-corrected chi connectivity index (χ1v) is 9.26. The Kier molecular flexibility index (Phi) is 9.74. The van der Waals surface area contributed by atoms with Crippen LogP contribution >= 0.6 is 24.0 Å². The van der Waals surface area contributed by atoms with E-state index in [9.17, 15) is 12.8 Å². The summed E-state index contributed by atoms with van der Waals surface area (Å²) in [5.74, 6) is 0.288. The molecule has 138 valence electrons. The fourth-order valence-corrected chi connectivity index (χ4v) is 3.02. The van der Waals surface area contributed by atoms with Gasteiger partial charge in [-0.25, -0.2) is 22.5 Å². The van der Waals surface area contributed by atoms with Gasteiger partial charge in [0.15, 0.2) is 5.96 Å². The Morgan fingerprint density at radius 3 is 2.29 bits per heavy atom. The predicted molar refractivity (Wildman–Crippen MR) is 107 cm³/mol. The smallest absolute Gasteiger partial charge is 0.209 e. The van der Waals surface area contributed by atoms with Gasteiger partial charge in [0.25, 0.3) is 0 Å². The van der Waals surface area contributed by atoms with Crippen molar-refractivity contribution in [1.82, 2.24) is 15.4 Å². The largest absolute Gasteiger partial charge is 0.357 e. The predicted octanol–water partition coefficient (Wildman–Crippen LogP) is 1.83. The molecule has 1 aromatic carbocycles. The van der Waals surface area contributed by atoms with Gasteiger partial charge in [0, 0.05) is 18.6 Å². The number of nitrogens with zero attached hydrogens (tertiary/aromatic N) is 1. The van der Waals surface area contributed by atoms with Crippen LogP contribution in [0, 0.1) is 5.82 Å². The van der Waals surface area contributed by atoms with Crippen molar-refractivity contribution in [3.05, 3.63) is 35.6 Å². The van der Waals surface area contributed by atoms with E-state index in [2.05, 4.69) is 20.3 Å². The van der Waals surface area contributed by atoms with Crippen LogP contribution in [0.5, 0.6) is 0 Å². The molecular weight excluding hydrogens is 446 g/mol. The number of halogens is 2. The van der Waals surface area contributed by atoms with E-state index in [1.807, 2.05) is 6.92 Å². The summed E-state index contributed by atoms with van der Waals surface area (Å²) in [5.41, 5.74) is 0.233. The summed E-state index contributed by atoms with van der Waals surface area (Å²) >= 11 is 0. The first-order valence-electron chi connectivity index (χ1n) is 7.37. The average molecular weight is 472 g/mol. The molecule has 0 atom stereocenters. The molecule has 0 aromatic heterocycles. The number of hydrogen-bond donors (Lipinski definition) is 3. The van der Waals surface area contributed by atoms with Gasteiger partial charge in [-0.15, -0.1) is 24.0 Å². The zero-order valence-corrected chi connectivity index (χ0v) is 17.5. The SMILES string of the molecule is CCNC(=NCc1ccc(F)cc1)NCC(C)(C)NS(C)(=O)=O.I. The Bertz CT molecular complexity index is 633. The summed E-state index contributed by atoms with van der Waals surface area (Å²) in [5, 5.41) is 6.19. The Balaban J connectivity index is 0.00000529. The van der Waals surface area contributed by atoms with E-state index in [4.69, 9.17) is 0 Å². The molecule has 24 heavy (non-hydrogen) atoms. The molecular formula is C15H26FIN4O2S. The van der Waals surface area contributed by atoms with Crippen LogP contribution in [0.25, 0.3) is 0 Å². The van der Waals surface area contributed by atoms with Gasteiger partial charge in [-0.05, 0) is 38.5 Å². The monoisotopic (exact) mass is 472 g/mol. The molecule has 0 spiro atoms. The molecule has 0 saturated heterocycles. The van der Waals surface area contributed by atoms with Gasteiger partial charge >= 0.3 is 0 Å². The zero-order valence-electron chi connectivity index (χ0n) is 14.4. The van der Waals surface area contributed by atoms with Gasteiger partial charge < -0.3 is 10.6 Å². The third-order valence-electron chi connectivity index (χ3n) is 2.84. The lowest BCUT2D eigenvalue weighted by Crippen LogP contribution is -2.53. The molecule has 0 heterocycles. The summed E-state index contributed by atoms with van der Waals surface area (Å²) in [6.07, 6.45) is 1.13. The molecule has 0 aliphatic rings. The Hall–Kier alpha value is -0.940. The lowest BCUT2D eigenvalue weighted by molar-refractivity contribution is 0.446. The molecule has 0 saturated carbocycles. The molecule has 1 rings (SSSR count). The molecule has 1 aromatic rings. The number of hydrogen-bond acceptors (Lipinski definition) is 3. The third kappa shape index (κ3) is 10.0. The molecule has 0 bridgehead atoms. The molecule has 6 nitrogen and oxygen atoms in total. The molecule has 0 unspecified atom stereocenters. The van der Waals surface area contributed by atoms with Crippen molar-refractivity contribution in [3.63, 3.8) is 0 Å². The third-order valence-corrected chi connectivity index (χ3v) is 3.76. The Morgan fingerprint density at radius 2 is 1.79 bits per heavy atom. The number of nitrogens with one attached hydrogen (secondary N) is 3. The molecule has 0 amide bonds. The summed E-state index contributed by atoms with van der Waals surface area (Å²) < 4.78 is 38.1. The van der Waals surface area contributed by atoms with Crippen LogP contribution in [-0.4, -0.2) is 39.3 Å². The van der Waals surface area contributed by atoms with Gasteiger partial charge in [-0.1, -0.05) is 12.1 Å². The van der Waals surface area contributed by atoms with Crippen LogP contribution in [0.4, 0.5) is 4.39 Å². The van der Waals surface area contributed by atoms with Gasteiger partial charge in [0.05, 0.1) is 12.8 Å². The van der Waals surface area contributed by atoms with Crippen LogP contribution in [0.1, 0.15) is 26.3 Å². The van der Waals surface area contributed by atoms with Crippen molar-refractivity contribution in [2.75, 3.05) is 19.3 Å². The Labute approximate surface area is 160 Å². The standard InChI is InChI=1S/C15H25FN4O2S.HI/c1-5-17-14(18-10-12-6-8-13(16)9-7-12)19-11-15(2,3)20-23(4,21)22;/h6-9,20H,5,10-11H2,1-4H3,(H2,17,18,19);1H. The van der Waals surface area contributed by atoms with Crippen molar-refractivity contribution < 1.29 is 12.8 Å². The summed E-state index contributed by atoms with van der Waals surface area (Å²) in [6, 6.07) is 6.14. The van der Waals surface area contributed by atoms with E-state index >= 15 is 0 Å². The lowest BCUT2D eigenvalue weighted by Gasteiger charge is -2.26. The summed E-state index contributed by atoms with van der Waals surface area (Å²) in [4.78, 5) is 4.41. The maximum Gasteiger partial charge on any atom is 0.209 e. The van der Waals surface area contributed by atoms with E-state index in [1.165, 1.54) is 12.1 Å². The van der Waals surface area contributed by atoms with E-state index in [0.29, 0.717) is 25.6 Å². The molecule has 3 N–H and O–H groups in total. The van der Waals surface area contributed by atoms with Gasteiger partial charge in [-0.3, -0.25) is 0 Å². The first-order chi connectivity index (χ1) is 10.6. The van der Waals surface area contributed by atoms with Crippen LogP contribution < -0.4 is 15.4 Å². The minimum Gasteiger partial charge on any atom is -0.357 e. The highest BCUT2D eigenvalue weighted by Crippen LogP contribution is 2.04. The van der Waals surface area contributed by atoms with E-state index in [1.54, 1.807) is 26.0 Å². The van der Waals surface area contributed by atoms with Crippen LogP contribution in [0.3, 0.4) is 0 Å². The number of sulfonamides is 1. The van der Waals surface area contributed by atoms with Crippen molar-refractivity contribution in [3.8, 4) is 0 Å². The molecule has 0 aliphatic heterocycles. The van der Waals surface area contributed by atoms with Crippen molar-refractivity contribution in [2.24, 2.45) is 4.99 Å². The topological polar surface area (TPSA) is 82.6 Å². The number of benzene rings is 1. The second-order valence-electron chi connectivity index (χ2n) is 5.93. The lowest BCUT2D eigenvalue weighted by atomic mass is 10.1. The van der Waals surface area contributed by atoms with E-state index in [-0.39, 0.29) is 29.8 Å². The highest BCUT2D eigenvalue weighted by atomic mass is 127. The highest BCUT2D eigenvalue weighted by Gasteiger charge is 2.22. The van der Waals surface area contributed by atoms with Crippen molar-refractivity contribution >= 4 is 40.0 Å². The second-order valence-corrected chi connectivity index (χ2v) is 7.68. The quantitative estimate of drug-likeness (QED) is 0.321.